The lowest BCUT2D eigenvalue weighted by Gasteiger charge is -2.34. The van der Waals surface area contributed by atoms with Crippen molar-refractivity contribution in [3.63, 3.8) is 0 Å². The van der Waals surface area contributed by atoms with E-state index in [1.165, 1.54) is 0 Å². The van der Waals surface area contributed by atoms with E-state index >= 15 is 0 Å². The zero-order chi connectivity index (χ0) is 20.1. The van der Waals surface area contributed by atoms with Crippen LogP contribution in [0.4, 0.5) is 0 Å². The third-order valence-electron chi connectivity index (χ3n) is 4.73. The van der Waals surface area contributed by atoms with E-state index in [4.69, 9.17) is 8.85 Å². The fraction of sp³-hybridized carbons (Fsp3) is 0.440. The monoisotopic (exact) mass is 394 g/mol. The molecule has 28 heavy (non-hydrogen) atoms. The SMILES string of the molecule is CCCC#CCC(CC)O[Si](OCCCC)(c1ccccc1)c1ccccc1. The minimum absolute atomic E-state index is 0.0676. The van der Waals surface area contributed by atoms with Crippen molar-refractivity contribution in [2.75, 3.05) is 6.61 Å². The molecule has 2 aromatic rings. The van der Waals surface area contributed by atoms with Crippen molar-refractivity contribution in [3.8, 4) is 11.8 Å². The van der Waals surface area contributed by atoms with Crippen LogP contribution in [0.5, 0.6) is 0 Å². The number of unbranched alkanes of at least 4 members (excludes halogenated alkanes) is 2. The van der Waals surface area contributed by atoms with Gasteiger partial charge >= 0.3 is 8.56 Å². The summed E-state index contributed by atoms with van der Waals surface area (Å²) in [5.74, 6) is 6.58. The Bertz CT molecular complexity index is 679. The van der Waals surface area contributed by atoms with Crippen molar-refractivity contribution in [1.29, 1.82) is 0 Å². The fourth-order valence-electron chi connectivity index (χ4n) is 3.08. The molecular weight excluding hydrogens is 360 g/mol. The summed E-state index contributed by atoms with van der Waals surface area (Å²) in [6.45, 7) is 7.24. The molecule has 0 radical (unpaired) electrons. The molecule has 2 rings (SSSR count). The maximum Gasteiger partial charge on any atom is 0.407 e. The maximum absolute atomic E-state index is 6.90. The summed E-state index contributed by atoms with van der Waals surface area (Å²) >= 11 is 0. The molecule has 3 heteroatoms. The van der Waals surface area contributed by atoms with Crippen molar-refractivity contribution in [1.82, 2.24) is 0 Å². The molecule has 0 fully saturated rings. The number of rotatable bonds is 11. The van der Waals surface area contributed by atoms with Crippen molar-refractivity contribution in [2.24, 2.45) is 0 Å². The Hall–Kier alpha value is -1.86. The average molecular weight is 395 g/mol. The number of benzene rings is 2. The Balaban J connectivity index is 2.41. The number of hydrogen-bond donors (Lipinski definition) is 0. The van der Waals surface area contributed by atoms with Crippen LogP contribution in [0.2, 0.25) is 0 Å². The fourth-order valence-corrected chi connectivity index (χ4v) is 6.50. The summed E-state index contributed by atoms with van der Waals surface area (Å²) in [6, 6.07) is 21.0. The van der Waals surface area contributed by atoms with E-state index in [9.17, 15) is 0 Å². The molecule has 0 amide bonds. The maximum atomic E-state index is 6.90. The van der Waals surface area contributed by atoms with Gasteiger partial charge in [-0.3, -0.25) is 0 Å². The van der Waals surface area contributed by atoms with Gasteiger partial charge in [0.1, 0.15) is 0 Å². The first-order valence-electron chi connectivity index (χ1n) is 10.6. The van der Waals surface area contributed by atoms with Crippen LogP contribution in [0.1, 0.15) is 59.3 Å². The van der Waals surface area contributed by atoms with Crippen LogP contribution in [0.3, 0.4) is 0 Å². The lowest BCUT2D eigenvalue weighted by Crippen LogP contribution is -2.64. The molecule has 1 atom stereocenters. The molecule has 0 saturated carbocycles. The molecule has 0 aromatic heterocycles. The summed E-state index contributed by atoms with van der Waals surface area (Å²) < 4.78 is 13.6. The third kappa shape index (κ3) is 6.34. The summed E-state index contributed by atoms with van der Waals surface area (Å²) in [5.41, 5.74) is 0. The predicted molar refractivity (Wildman–Crippen MR) is 121 cm³/mol. The van der Waals surface area contributed by atoms with Crippen LogP contribution >= 0.6 is 0 Å². The van der Waals surface area contributed by atoms with Crippen LogP contribution in [0, 0.1) is 11.8 Å². The van der Waals surface area contributed by atoms with Crippen molar-refractivity contribution >= 4 is 18.9 Å². The predicted octanol–water partition coefficient (Wildman–Crippen LogP) is 5.05. The van der Waals surface area contributed by atoms with Gasteiger partial charge in [0.15, 0.2) is 0 Å². The Kier molecular flexibility index (Phi) is 10.1. The topological polar surface area (TPSA) is 18.5 Å². The van der Waals surface area contributed by atoms with Gasteiger partial charge < -0.3 is 8.85 Å². The largest absolute Gasteiger partial charge is 0.407 e. The first-order valence-corrected chi connectivity index (χ1v) is 12.5. The molecule has 0 aliphatic heterocycles. The second-order valence-corrected chi connectivity index (χ2v) is 9.92. The Morgan fingerprint density at radius 2 is 1.43 bits per heavy atom. The van der Waals surface area contributed by atoms with E-state index in [0.29, 0.717) is 6.61 Å². The van der Waals surface area contributed by atoms with E-state index in [-0.39, 0.29) is 6.10 Å². The van der Waals surface area contributed by atoms with Crippen LogP contribution < -0.4 is 10.4 Å². The van der Waals surface area contributed by atoms with E-state index in [2.05, 4.69) is 81.1 Å². The molecule has 0 heterocycles. The van der Waals surface area contributed by atoms with Crippen molar-refractivity contribution in [3.05, 3.63) is 60.7 Å². The van der Waals surface area contributed by atoms with Crippen LogP contribution in [-0.4, -0.2) is 21.3 Å². The van der Waals surface area contributed by atoms with Gasteiger partial charge in [-0.15, -0.1) is 11.8 Å². The van der Waals surface area contributed by atoms with E-state index in [1.807, 2.05) is 12.1 Å². The lowest BCUT2D eigenvalue weighted by molar-refractivity contribution is 0.129. The van der Waals surface area contributed by atoms with Gasteiger partial charge in [0.2, 0.25) is 0 Å². The molecular formula is C25H34O2Si. The van der Waals surface area contributed by atoms with E-state index in [1.54, 1.807) is 0 Å². The second-order valence-electron chi connectivity index (χ2n) is 7.01. The molecule has 0 bridgehead atoms. The summed E-state index contributed by atoms with van der Waals surface area (Å²) in [4.78, 5) is 0. The first kappa shape index (κ1) is 22.4. The average Bonchev–Trinajstić information content (AvgIpc) is 2.76. The molecule has 0 aliphatic rings. The Labute approximate surface area is 172 Å². The molecule has 2 nitrogen and oxygen atoms in total. The second kappa shape index (κ2) is 12.6. The summed E-state index contributed by atoms with van der Waals surface area (Å²) in [7, 11) is -2.81. The van der Waals surface area contributed by atoms with Crippen LogP contribution in [0.15, 0.2) is 60.7 Å². The highest BCUT2D eigenvalue weighted by Crippen LogP contribution is 2.17. The number of hydrogen-bond acceptors (Lipinski definition) is 2. The highest BCUT2D eigenvalue weighted by atomic mass is 28.4. The molecule has 0 N–H and O–H groups in total. The Morgan fingerprint density at radius 1 is 0.821 bits per heavy atom. The van der Waals surface area contributed by atoms with Gasteiger partial charge in [0.25, 0.3) is 0 Å². The molecule has 150 valence electrons. The molecule has 0 aliphatic carbocycles. The minimum Gasteiger partial charge on any atom is -0.388 e. The molecule has 0 spiro atoms. The van der Waals surface area contributed by atoms with Crippen LogP contribution in [0.25, 0.3) is 0 Å². The van der Waals surface area contributed by atoms with Gasteiger partial charge in [-0.1, -0.05) is 87.9 Å². The highest BCUT2D eigenvalue weighted by molar-refractivity contribution is 6.92. The zero-order valence-corrected chi connectivity index (χ0v) is 18.6. The first-order chi connectivity index (χ1) is 13.8. The summed E-state index contributed by atoms with van der Waals surface area (Å²) in [5, 5.41) is 2.33. The normalized spacial score (nSPS) is 12.2. The standard InChI is InChI=1S/C25H34O2Si/c1-4-7-9-12-17-23(6-3)27-28(26-22-8-5-2,24-18-13-10-14-19-24)25-20-15-11-16-21-25/h10-11,13-16,18-21,23H,4-8,17,22H2,1-3H3. The van der Waals surface area contributed by atoms with Crippen molar-refractivity contribution in [2.45, 2.75) is 65.4 Å². The highest BCUT2D eigenvalue weighted by Gasteiger charge is 2.44. The van der Waals surface area contributed by atoms with Crippen molar-refractivity contribution < 1.29 is 8.85 Å². The minimum atomic E-state index is -2.81. The summed E-state index contributed by atoms with van der Waals surface area (Å²) in [6.07, 6.45) is 5.92. The molecule has 0 saturated heterocycles. The molecule has 2 aromatic carbocycles. The third-order valence-corrected chi connectivity index (χ3v) is 8.19. The van der Waals surface area contributed by atoms with Gasteiger partial charge in [-0.2, -0.15) is 0 Å². The van der Waals surface area contributed by atoms with Gasteiger partial charge in [-0.25, -0.2) is 0 Å². The smallest absolute Gasteiger partial charge is 0.388 e. The molecule has 1 unspecified atom stereocenters. The van der Waals surface area contributed by atoms with Crippen LogP contribution in [-0.2, 0) is 8.85 Å². The quantitative estimate of drug-likeness (QED) is 0.302. The van der Waals surface area contributed by atoms with Gasteiger partial charge in [0, 0.05) is 19.4 Å². The lowest BCUT2D eigenvalue weighted by atomic mass is 10.2. The Morgan fingerprint density at radius 3 is 1.93 bits per heavy atom. The van der Waals surface area contributed by atoms with Gasteiger partial charge in [0.05, 0.1) is 6.10 Å². The van der Waals surface area contributed by atoms with E-state index in [0.717, 1.165) is 48.9 Å². The van der Waals surface area contributed by atoms with E-state index < -0.39 is 8.56 Å². The zero-order valence-electron chi connectivity index (χ0n) is 17.6. The van der Waals surface area contributed by atoms with Gasteiger partial charge in [-0.05, 0) is 29.6 Å².